The second-order valence-electron chi connectivity index (χ2n) is 4.06. The minimum atomic E-state index is 0.574. The molecule has 0 amide bonds. The van der Waals surface area contributed by atoms with E-state index in [1.54, 1.807) is 11.0 Å². The fourth-order valence-electron chi connectivity index (χ4n) is 1.81. The Balaban J connectivity index is 1.86. The van der Waals surface area contributed by atoms with Gasteiger partial charge in [0.25, 0.3) is 0 Å². The lowest BCUT2D eigenvalue weighted by molar-refractivity contribution is 0.493. The molecule has 0 radical (unpaired) electrons. The predicted molar refractivity (Wildman–Crippen MR) is 85.1 cm³/mol. The maximum absolute atomic E-state index is 6.05. The average Bonchev–Trinajstić information content (AvgIpc) is 3.08. The average molecular weight is 401 g/mol. The van der Waals surface area contributed by atoms with E-state index in [0.29, 0.717) is 11.6 Å². The van der Waals surface area contributed by atoms with Crippen molar-refractivity contribution < 1.29 is 4.42 Å². The quantitative estimate of drug-likeness (QED) is 0.678. The number of hydrogen-bond acceptors (Lipinski definition) is 4. The lowest BCUT2D eigenvalue weighted by Crippen LogP contribution is -2.04. The van der Waals surface area contributed by atoms with Crippen molar-refractivity contribution in [1.82, 2.24) is 14.8 Å². The van der Waals surface area contributed by atoms with Gasteiger partial charge >= 0.3 is 0 Å². The van der Waals surface area contributed by atoms with Crippen LogP contribution in [0.4, 0.5) is 5.69 Å². The van der Waals surface area contributed by atoms with Crippen molar-refractivity contribution in [3.8, 4) is 5.69 Å². The van der Waals surface area contributed by atoms with Gasteiger partial charge in [0.15, 0.2) is 3.77 Å². The summed E-state index contributed by atoms with van der Waals surface area (Å²) in [6.45, 7) is 0.574. The number of rotatable bonds is 4. The third-order valence-electron chi connectivity index (χ3n) is 2.71. The molecule has 0 aliphatic rings. The molecule has 5 nitrogen and oxygen atoms in total. The maximum atomic E-state index is 6.05. The van der Waals surface area contributed by atoms with E-state index in [1.807, 2.05) is 30.3 Å². The molecule has 0 spiro atoms. The number of aromatic nitrogens is 3. The summed E-state index contributed by atoms with van der Waals surface area (Å²) >= 11 is 8.19. The molecular weight excluding hydrogens is 391 g/mol. The molecule has 102 valence electrons. The lowest BCUT2D eigenvalue weighted by Gasteiger charge is -2.11. The van der Waals surface area contributed by atoms with E-state index in [-0.39, 0.29) is 0 Å². The van der Waals surface area contributed by atoms with E-state index in [1.165, 1.54) is 6.33 Å². The molecule has 3 rings (SSSR count). The van der Waals surface area contributed by atoms with Gasteiger partial charge in [0, 0.05) is 5.02 Å². The first-order valence-electron chi connectivity index (χ1n) is 5.85. The zero-order valence-corrected chi connectivity index (χ0v) is 13.2. The SMILES string of the molecule is Clc1ccc(-n2cncn2)c(NCc2ccc(I)o2)c1. The molecule has 3 aromatic rings. The van der Waals surface area contributed by atoms with Gasteiger partial charge in [0.05, 0.1) is 17.9 Å². The second-order valence-corrected chi connectivity index (χ2v) is 5.56. The standard InChI is InChI=1S/C13H10ClIN4O/c14-9-1-3-12(19-8-16-7-18-19)11(5-9)17-6-10-2-4-13(15)20-10/h1-5,7-8,17H,6H2. The van der Waals surface area contributed by atoms with Crippen molar-refractivity contribution in [3.63, 3.8) is 0 Å². The van der Waals surface area contributed by atoms with Crippen LogP contribution >= 0.6 is 34.2 Å². The minimum Gasteiger partial charge on any atom is -0.454 e. The minimum absolute atomic E-state index is 0.574. The van der Waals surface area contributed by atoms with Crippen molar-refractivity contribution in [3.05, 3.63) is 57.5 Å². The number of nitrogens with zero attached hydrogens (tertiary/aromatic N) is 3. The van der Waals surface area contributed by atoms with Gasteiger partial charge in [-0.3, -0.25) is 0 Å². The first-order valence-corrected chi connectivity index (χ1v) is 7.31. The van der Waals surface area contributed by atoms with Crippen LogP contribution < -0.4 is 5.32 Å². The normalized spacial score (nSPS) is 10.7. The predicted octanol–water partition coefficient (Wildman–Crippen LogP) is 3.73. The summed E-state index contributed by atoms with van der Waals surface area (Å²) in [6.07, 6.45) is 3.14. The Bertz CT molecular complexity index is 711. The van der Waals surface area contributed by atoms with E-state index in [4.69, 9.17) is 16.0 Å². The van der Waals surface area contributed by atoms with E-state index in [2.05, 4.69) is 38.0 Å². The topological polar surface area (TPSA) is 55.9 Å². The van der Waals surface area contributed by atoms with Crippen molar-refractivity contribution in [1.29, 1.82) is 0 Å². The molecule has 0 fully saturated rings. The van der Waals surface area contributed by atoms with Crippen LogP contribution in [0.5, 0.6) is 0 Å². The number of hydrogen-bond donors (Lipinski definition) is 1. The fourth-order valence-corrected chi connectivity index (χ4v) is 2.45. The summed E-state index contributed by atoms with van der Waals surface area (Å²) in [5.41, 5.74) is 1.75. The van der Waals surface area contributed by atoms with Crippen LogP contribution in [0.15, 0.2) is 47.4 Å². The van der Waals surface area contributed by atoms with Gasteiger partial charge in [-0.15, -0.1) is 0 Å². The molecule has 1 N–H and O–H groups in total. The maximum Gasteiger partial charge on any atom is 0.164 e. The van der Waals surface area contributed by atoms with Crippen molar-refractivity contribution >= 4 is 39.9 Å². The van der Waals surface area contributed by atoms with E-state index >= 15 is 0 Å². The summed E-state index contributed by atoms with van der Waals surface area (Å²) in [4.78, 5) is 3.96. The highest BCUT2D eigenvalue weighted by molar-refractivity contribution is 14.1. The highest BCUT2D eigenvalue weighted by Crippen LogP contribution is 2.24. The van der Waals surface area contributed by atoms with Crippen LogP contribution in [-0.2, 0) is 6.54 Å². The van der Waals surface area contributed by atoms with Crippen LogP contribution in [0.2, 0.25) is 5.02 Å². The van der Waals surface area contributed by atoms with Gasteiger partial charge < -0.3 is 9.73 Å². The molecule has 0 saturated heterocycles. The Kier molecular flexibility index (Phi) is 3.93. The van der Waals surface area contributed by atoms with Gasteiger partial charge in [0.2, 0.25) is 0 Å². The molecule has 0 atom stereocenters. The highest BCUT2D eigenvalue weighted by Gasteiger charge is 2.07. The molecule has 0 aliphatic carbocycles. The van der Waals surface area contributed by atoms with Crippen LogP contribution in [0, 0.1) is 3.77 Å². The fraction of sp³-hybridized carbons (Fsp3) is 0.0769. The molecule has 7 heteroatoms. The summed E-state index contributed by atoms with van der Waals surface area (Å²) in [5, 5.41) is 8.09. The Morgan fingerprint density at radius 1 is 1.30 bits per heavy atom. The van der Waals surface area contributed by atoms with Crippen molar-refractivity contribution in [2.24, 2.45) is 0 Å². The summed E-state index contributed by atoms with van der Waals surface area (Å²) in [6, 6.07) is 9.43. The number of furan rings is 1. The number of nitrogens with one attached hydrogen (secondary N) is 1. The van der Waals surface area contributed by atoms with Gasteiger partial charge in [0.1, 0.15) is 18.4 Å². The molecule has 0 saturated carbocycles. The highest BCUT2D eigenvalue weighted by atomic mass is 127. The monoisotopic (exact) mass is 400 g/mol. The number of benzene rings is 1. The van der Waals surface area contributed by atoms with Crippen LogP contribution in [0.3, 0.4) is 0 Å². The van der Waals surface area contributed by atoms with Crippen molar-refractivity contribution in [2.75, 3.05) is 5.32 Å². The number of anilines is 1. The van der Waals surface area contributed by atoms with Gasteiger partial charge in [-0.05, 0) is 52.9 Å². The Morgan fingerprint density at radius 2 is 2.20 bits per heavy atom. The van der Waals surface area contributed by atoms with Gasteiger partial charge in [-0.2, -0.15) is 5.10 Å². The number of halogens is 2. The Hall–Kier alpha value is -1.54. The summed E-state index contributed by atoms with van der Waals surface area (Å²) in [7, 11) is 0. The summed E-state index contributed by atoms with van der Waals surface area (Å²) in [5.74, 6) is 0.860. The Labute approximate surface area is 134 Å². The van der Waals surface area contributed by atoms with Crippen LogP contribution in [0.25, 0.3) is 5.69 Å². The molecule has 0 aliphatic heterocycles. The third-order valence-corrected chi connectivity index (χ3v) is 3.52. The van der Waals surface area contributed by atoms with Gasteiger partial charge in [-0.1, -0.05) is 11.6 Å². The zero-order valence-electron chi connectivity index (χ0n) is 10.3. The molecule has 0 bridgehead atoms. The van der Waals surface area contributed by atoms with E-state index in [9.17, 15) is 0 Å². The summed E-state index contributed by atoms with van der Waals surface area (Å²) < 4.78 is 8.07. The smallest absolute Gasteiger partial charge is 0.164 e. The van der Waals surface area contributed by atoms with Gasteiger partial charge in [-0.25, -0.2) is 9.67 Å². The largest absolute Gasteiger partial charge is 0.454 e. The molecule has 20 heavy (non-hydrogen) atoms. The van der Waals surface area contributed by atoms with Crippen molar-refractivity contribution in [2.45, 2.75) is 6.54 Å². The van der Waals surface area contributed by atoms with E-state index < -0.39 is 0 Å². The third kappa shape index (κ3) is 2.96. The van der Waals surface area contributed by atoms with E-state index in [0.717, 1.165) is 20.9 Å². The first kappa shape index (κ1) is 13.4. The van der Waals surface area contributed by atoms with Crippen LogP contribution in [-0.4, -0.2) is 14.8 Å². The molecular formula is C13H10ClIN4O. The van der Waals surface area contributed by atoms with Crippen LogP contribution in [0.1, 0.15) is 5.76 Å². The molecule has 2 aromatic heterocycles. The zero-order chi connectivity index (χ0) is 13.9. The Morgan fingerprint density at radius 3 is 2.90 bits per heavy atom. The molecule has 2 heterocycles. The molecule has 0 unspecified atom stereocenters. The molecule has 1 aromatic carbocycles. The first-order chi connectivity index (χ1) is 9.72. The second kappa shape index (κ2) is 5.84. The lowest BCUT2D eigenvalue weighted by atomic mass is 10.2.